The van der Waals surface area contributed by atoms with E-state index in [0.29, 0.717) is 16.5 Å². The molecular formula is C17H14FNO. The molecule has 1 N–H and O–H groups in total. The van der Waals surface area contributed by atoms with E-state index < -0.39 is 0 Å². The first-order chi connectivity index (χ1) is 9.54. The molecule has 0 aliphatic rings. The van der Waals surface area contributed by atoms with E-state index >= 15 is 0 Å². The Morgan fingerprint density at radius 3 is 2.45 bits per heavy atom. The number of hydrogen-bond donors (Lipinski definition) is 1. The van der Waals surface area contributed by atoms with Gasteiger partial charge in [-0.2, -0.15) is 0 Å². The van der Waals surface area contributed by atoms with Crippen molar-refractivity contribution in [3.8, 4) is 0 Å². The van der Waals surface area contributed by atoms with Gasteiger partial charge in [0.25, 0.3) is 0 Å². The van der Waals surface area contributed by atoms with Crippen LogP contribution in [0.5, 0.6) is 0 Å². The molecule has 100 valence electrons. The lowest BCUT2D eigenvalue weighted by molar-refractivity contribution is 0.104. The lowest BCUT2D eigenvalue weighted by Gasteiger charge is -2.03. The molecule has 3 rings (SSSR count). The second-order valence-corrected chi connectivity index (χ2v) is 5.10. The molecule has 0 spiro atoms. The standard InChI is InChI=1S/C17H14FNO/c1-10-5-11(2)7-12(6-10)17(20)15-9-19-16-4-3-13(18)8-14(15)16/h3-9,19H,1-2H3. The molecule has 0 saturated heterocycles. The van der Waals surface area contributed by atoms with Gasteiger partial charge in [0.2, 0.25) is 0 Å². The van der Waals surface area contributed by atoms with Crippen LogP contribution < -0.4 is 0 Å². The highest BCUT2D eigenvalue weighted by atomic mass is 19.1. The molecule has 0 aliphatic heterocycles. The zero-order chi connectivity index (χ0) is 14.3. The van der Waals surface area contributed by atoms with Crippen LogP contribution in [0, 0.1) is 19.7 Å². The third kappa shape index (κ3) is 2.11. The van der Waals surface area contributed by atoms with Gasteiger partial charge in [0.1, 0.15) is 5.82 Å². The maximum absolute atomic E-state index is 13.4. The Kier molecular flexibility index (Phi) is 2.90. The van der Waals surface area contributed by atoms with Crippen molar-refractivity contribution in [3.63, 3.8) is 0 Å². The largest absolute Gasteiger partial charge is 0.360 e. The van der Waals surface area contributed by atoms with Crippen LogP contribution in [0.15, 0.2) is 42.6 Å². The van der Waals surface area contributed by atoms with E-state index in [9.17, 15) is 9.18 Å². The molecule has 1 heterocycles. The molecular weight excluding hydrogens is 253 g/mol. The number of ketones is 1. The second-order valence-electron chi connectivity index (χ2n) is 5.10. The SMILES string of the molecule is Cc1cc(C)cc(C(=O)c2c[nH]c3ccc(F)cc23)c1. The van der Waals surface area contributed by atoms with Gasteiger partial charge in [-0.15, -0.1) is 0 Å². The summed E-state index contributed by atoms with van der Waals surface area (Å²) in [6, 6.07) is 10.1. The number of fused-ring (bicyclic) bond motifs is 1. The van der Waals surface area contributed by atoms with Crippen molar-refractivity contribution >= 4 is 16.7 Å². The summed E-state index contributed by atoms with van der Waals surface area (Å²) >= 11 is 0. The molecule has 0 bridgehead atoms. The van der Waals surface area contributed by atoms with Crippen LogP contribution in [0.1, 0.15) is 27.0 Å². The Hall–Kier alpha value is -2.42. The minimum absolute atomic E-state index is 0.0892. The van der Waals surface area contributed by atoms with E-state index in [2.05, 4.69) is 4.98 Å². The summed E-state index contributed by atoms with van der Waals surface area (Å²) < 4.78 is 13.4. The molecule has 3 heteroatoms. The predicted molar refractivity (Wildman–Crippen MR) is 77.6 cm³/mol. The number of carbonyl (C=O) groups excluding carboxylic acids is 1. The van der Waals surface area contributed by atoms with E-state index in [1.807, 2.05) is 32.0 Å². The average molecular weight is 267 g/mol. The fourth-order valence-electron chi connectivity index (χ4n) is 2.54. The number of H-pyrrole nitrogens is 1. The summed E-state index contributed by atoms with van der Waals surface area (Å²) in [7, 11) is 0. The zero-order valence-electron chi connectivity index (χ0n) is 11.3. The summed E-state index contributed by atoms with van der Waals surface area (Å²) in [6.07, 6.45) is 1.64. The summed E-state index contributed by atoms with van der Waals surface area (Å²) in [5.74, 6) is -0.430. The van der Waals surface area contributed by atoms with Crippen molar-refractivity contribution in [1.82, 2.24) is 4.98 Å². The van der Waals surface area contributed by atoms with Crippen LogP contribution in [-0.4, -0.2) is 10.8 Å². The quantitative estimate of drug-likeness (QED) is 0.695. The maximum Gasteiger partial charge on any atom is 0.195 e. The van der Waals surface area contributed by atoms with Crippen LogP contribution in [-0.2, 0) is 0 Å². The fourth-order valence-corrected chi connectivity index (χ4v) is 2.54. The first-order valence-electron chi connectivity index (χ1n) is 6.44. The van der Waals surface area contributed by atoms with Crippen molar-refractivity contribution in [3.05, 3.63) is 70.7 Å². The molecule has 0 atom stereocenters. The van der Waals surface area contributed by atoms with E-state index in [1.165, 1.54) is 12.1 Å². The number of hydrogen-bond acceptors (Lipinski definition) is 1. The normalized spacial score (nSPS) is 10.9. The third-order valence-electron chi connectivity index (χ3n) is 3.37. The number of benzene rings is 2. The van der Waals surface area contributed by atoms with Gasteiger partial charge in [-0.25, -0.2) is 4.39 Å². The zero-order valence-corrected chi connectivity index (χ0v) is 11.3. The first-order valence-corrected chi connectivity index (χ1v) is 6.44. The highest BCUT2D eigenvalue weighted by molar-refractivity contribution is 6.16. The molecule has 0 aliphatic carbocycles. The minimum atomic E-state index is -0.341. The van der Waals surface area contributed by atoms with Crippen LogP contribution in [0.3, 0.4) is 0 Å². The summed E-state index contributed by atoms with van der Waals surface area (Å²) in [5, 5.41) is 0.620. The summed E-state index contributed by atoms with van der Waals surface area (Å²) in [4.78, 5) is 15.6. The van der Waals surface area contributed by atoms with Crippen LogP contribution in [0.4, 0.5) is 4.39 Å². The maximum atomic E-state index is 13.4. The van der Waals surface area contributed by atoms with Gasteiger partial charge in [0.05, 0.1) is 0 Å². The van der Waals surface area contributed by atoms with Gasteiger partial charge in [0, 0.05) is 28.2 Å². The van der Waals surface area contributed by atoms with Gasteiger partial charge in [-0.1, -0.05) is 17.2 Å². The molecule has 0 saturated carbocycles. The highest BCUT2D eigenvalue weighted by Crippen LogP contribution is 2.23. The van der Waals surface area contributed by atoms with Crippen molar-refractivity contribution in [2.24, 2.45) is 0 Å². The summed E-state index contributed by atoms with van der Waals surface area (Å²) in [5.41, 5.74) is 3.98. The number of aryl methyl sites for hydroxylation is 2. The van der Waals surface area contributed by atoms with E-state index in [-0.39, 0.29) is 11.6 Å². The average Bonchev–Trinajstić information content (AvgIpc) is 2.79. The van der Waals surface area contributed by atoms with Gasteiger partial charge >= 0.3 is 0 Å². The molecule has 1 aromatic heterocycles. The fraction of sp³-hybridized carbons (Fsp3) is 0.118. The highest BCUT2D eigenvalue weighted by Gasteiger charge is 2.15. The number of aromatic nitrogens is 1. The molecule has 0 unspecified atom stereocenters. The van der Waals surface area contributed by atoms with Crippen LogP contribution >= 0.6 is 0 Å². The Balaban J connectivity index is 2.15. The Bertz CT molecular complexity index is 797. The van der Waals surface area contributed by atoms with Gasteiger partial charge in [-0.3, -0.25) is 4.79 Å². The van der Waals surface area contributed by atoms with Gasteiger partial charge in [0.15, 0.2) is 5.78 Å². The molecule has 2 nitrogen and oxygen atoms in total. The molecule has 3 aromatic rings. The van der Waals surface area contributed by atoms with Crippen molar-refractivity contribution in [2.75, 3.05) is 0 Å². The van der Waals surface area contributed by atoms with Gasteiger partial charge in [-0.05, 0) is 44.2 Å². The third-order valence-corrected chi connectivity index (χ3v) is 3.37. The number of nitrogens with one attached hydrogen (secondary N) is 1. The Morgan fingerprint density at radius 2 is 1.75 bits per heavy atom. The number of rotatable bonds is 2. The first kappa shape index (κ1) is 12.6. The monoisotopic (exact) mass is 267 g/mol. The lowest BCUT2D eigenvalue weighted by Crippen LogP contribution is -2.01. The number of halogens is 1. The Labute approximate surface area is 116 Å². The summed E-state index contributed by atoms with van der Waals surface area (Å²) in [6.45, 7) is 3.91. The van der Waals surface area contributed by atoms with Crippen molar-refractivity contribution < 1.29 is 9.18 Å². The smallest absolute Gasteiger partial charge is 0.195 e. The van der Waals surface area contributed by atoms with E-state index in [4.69, 9.17) is 0 Å². The van der Waals surface area contributed by atoms with Crippen LogP contribution in [0.25, 0.3) is 10.9 Å². The van der Waals surface area contributed by atoms with E-state index in [0.717, 1.165) is 16.6 Å². The lowest BCUT2D eigenvalue weighted by atomic mass is 9.99. The molecule has 0 fully saturated rings. The molecule has 20 heavy (non-hydrogen) atoms. The Morgan fingerprint density at radius 1 is 1.05 bits per heavy atom. The second kappa shape index (κ2) is 4.60. The van der Waals surface area contributed by atoms with Crippen molar-refractivity contribution in [1.29, 1.82) is 0 Å². The topological polar surface area (TPSA) is 32.9 Å². The number of carbonyl (C=O) groups is 1. The van der Waals surface area contributed by atoms with Gasteiger partial charge < -0.3 is 4.98 Å². The number of aromatic amines is 1. The predicted octanol–water partition coefficient (Wildman–Crippen LogP) is 4.15. The van der Waals surface area contributed by atoms with Crippen molar-refractivity contribution in [2.45, 2.75) is 13.8 Å². The van der Waals surface area contributed by atoms with Crippen LogP contribution in [0.2, 0.25) is 0 Å². The minimum Gasteiger partial charge on any atom is -0.360 e. The molecule has 2 aromatic carbocycles. The molecule has 0 radical (unpaired) electrons. The molecule has 0 amide bonds. The van der Waals surface area contributed by atoms with E-state index in [1.54, 1.807) is 12.3 Å².